The fourth-order valence-corrected chi connectivity index (χ4v) is 2.74. The zero-order chi connectivity index (χ0) is 9.10. The van der Waals surface area contributed by atoms with E-state index in [-0.39, 0.29) is 0 Å². The minimum atomic E-state index is 0.460. The third kappa shape index (κ3) is 2.57. The summed E-state index contributed by atoms with van der Waals surface area (Å²) in [6.45, 7) is 0. The normalized spacial score (nSPS) is 34.2. The van der Waals surface area contributed by atoms with Gasteiger partial charge in [0, 0.05) is 6.04 Å². The highest BCUT2D eigenvalue weighted by Crippen LogP contribution is 2.30. The second-order valence-electron chi connectivity index (χ2n) is 4.73. The second-order valence-corrected chi connectivity index (χ2v) is 4.73. The van der Waals surface area contributed by atoms with Gasteiger partial charge in [0.2, 0.25) is 0 Å². The molecule has 0 radical (unpaired) electrons. The molecule has 2 fully saturated rings. The topological polar surface area (TPSA) is 26.0 Å². The van der Waals surface area contributed by atoms with Gasteiger partial charge in [0.05, 0.1) is 0 Å². The summed E-state index contributed by atoms with van der Waals surface area (Å²) in [4.78, 5) is 0. The van der Waals surface area contributed by atoms with Crippen molar-refractivity contribution in [2.75, 3.05) is 0 Å². The monoisotopic (exact) mass is 179 g/mol. The molecule has 0 aliphatic heterocycles. The van der Waals surface area contributed by atoms with Crippen LogP contribution in [0.5, 0.6) is 0 Å². The predicted octanol–water partition coefficient (Wildman–Crippen LogP) is 3.00. The van der Waals surface area contributed by atoms with Crippen LogP contribution in [-0.2, 0) is 0 Å². The Morgan fingerprint density at radius 3 is 2.54 bits per heavy atom. The van der Waals surface area contributed by atoms with E-state index >= 15 is 0 Å². The van der Waals surface area contributed by atoms with Crippen molar-refractivity contribution in [2.45, 2.75) is 57.4 Å². The largest absolute Gasteiger partial charge is 0.327 e. The summed E-state index contributed by atoms with van der Waals surface area (Å²) in [6.07, 6.45) is 13.4. The van der Waals surface area contributed by atoms with Gasteiger partial charge >= 0.3 is 0 Å². The molecule has 0 heterocycles. The summed E-state index contributed by atoms with van der Waals surface area (Å²) in [5.41, 5.74) is 7.62. The van der Waals surface area contributed by atoms with Crippen LogP contribution in [-0.4, -0.2) is 6.04 Å². The van der Waals surface area contributed by atoms with Crippen molar-refractivity contribution in [3.63, 3.8) is 0 Å². The summed E-state index contributed by atoms with van der Waals surface area (Å²) in [5.74, 6) is 0.903. The Morgan fingerprint density at radius 2 is 1.85 bits per heavy atom. The van der Waals surface area contributed by atoms with Crippen molar-refractivity contribution in [2.24, 2.45) is 11.7 Å². The van der Waals surface area contributed by atoms with Gasteiger partial charge in [-0.3, -0.25) is 0 Å². The van der Waals surface area contributed by atoms with Crippen LogP contribution < -0.4 is 5.73 Å². The molecule has 0 amide bonds. The summed E-state index contributed by atoms with van der Waals surface area (Å²) >= 11 is 0. The molecule has 1 nitrogen and oxygen atoms in total. The Morgan fingerprint density at radius 1 is 1.08 bits per heavy atom. The Kier molecular flexibility index (Phi) is 3.05. The predicted molar refractivity (Wildman–Crippen MR) is 56.5 cm³/mol. The molecule has 2 aliphatic rings. The zero-order valence-corrected chi connectivity index (χ0v) is 8.47. The molecule has 0 saturated heterocycles. The summed E-state index contributed by atoms with van der Waals surface area (Å²) in [7, 11) is 0. The Hall–Kier alpha value is -0.300. The Balaban J connectivity index is 1.90. The van der Waals surface area contributed by atoms with E-state index in [0.29, 0.717) is 6.04 Å². The molecule has 74 valence electrons. The van der Waals surface area contributed by atoms with E-state index in [2.05, 4.69) is 6.08 Å². The van der Waals surface area contributed by atoms with E-state index in [9.17, 15) is 0 Å². The molecule has 2 aliphatic carbocycles. The van der Waals surface area contributed by atoms with Gasteiger partial charge in [-0.05, 0) is 44.4 Å². The molecule has 1 atom stereocenters. The third-order valence-electron chi connectivity index (χ3n) is 3.47. The van der Waals surface area contributed by atoms with Crippen LogP contribution in [0.15, 0.2) is 11.6 Å². The fourth-order valence-electron chi connectivity index (χ4n) is 2.74. The maximum absolute atomic E-state index is 5.96. The maximum Gasteiger partial charge on any atom is 0.00761 e. The second kappa shape index (κ2) is 4.28. The van der Waals surface area contributed by atoms with E-state index in [1.165, 1.54) is 51.4 Å². The van der Waals surface area contributed by atoms with Gasteiger partial charge in [0.25, 0.3) is 0 Å². The van der Waals surface area contributed by atoms with E-state index in [1.54, 1.807) is 5.57 Å². The van der Waals surface area contributed by atoms with Gasteiger partial charge in [-0.15, -0.1) is 0 Å². The molecule has 2 rings (SSSR count). The van der Waals surface area contributed by atoms with Crippen LogP contribution in [0.3, 0.4) is 0 Å². The molecular formula is C12H21N. The first-order chi connectivity index (χ1) is 6.34. The van der Waals surface area contributed by atoms with Crippen LogP contribution in [0.4, 0.5) is 0 Å². The fraction of sp³-hybridized carbons (Fsp3) is 0.833. The highest BCUT2D eigenvalue weighted by Gasteiger charge is 2.17. The van der Waals surface area contributed by atoms with Crippen LogP contribution in [0, 0.1) is 5.92 Å². The maximum atomic E-state index is 5.96. The number of hydrogen-bond acceptors (Lipinski definition) is 1. The van der Waals surface area contributed by atoms with E-state index < -0.39 is 0 Å². The lowest BCUT2D eigenvalue weighted by Crippen LogP contribution is -2.23. The molecular weight excluding hydrogens is 158 g/mol. The van der Waals surface area contributed by atoms with Gasteiger partial charge in [0.1, 0.15) is 0 Å². The number of rotatable bonds is 1. The van der Waals surface area contributed by atoms with E-state index in [1.807, 2.05) is 0 Å². The molecule has 1 unspecified atom stereocenters. The molecule has 13 heavy (non-hydrogen) atoms. The van der Waals surface area contributed by atoms with E-state index in [0.717, 1.165) is 5.92 Å². The first-order valence-electron chi connectivity index (χ1n) is 5.80. The van der Waals surface area contributed by atoms with E-state index in [4.69, 9.17) is 5.73 Å². The third-order valence-corrected chi connectivity index (χ3v) is 3.47. The van der Waals surface area contributed by atoms with Crippen molar-refractivity contribution in [1.29, 1.82) is 0 Å². The van der Waals surface area contributed by atoms with Crippen LogP contribution in [0.2, 0.25) is 0 Å². The quantitative estimate of drug-likeness (QED) is 0.615. The SMILES string of the molecule is NC1CCCC(=CC2CCCC2)C1. The molecule has 0 aromatic heterocycles. The molecule has 0 spiro atoms. The van der Waals surface area contributed by atoms with Gasteiger partial charge < -0.3 is 5.73 Å². The van der Waals surface area contributed by atoms with Crippen molar-refractivity contribution in [3.8, 4) is 0 Å². The van der Waals surface area contributed by atoms with Gasteiger partial charge in [-0.2, -0.15) is 0 Å². The first kappa shape index (κ1) is 9.26. The lowest BCUT2D eigenvalue weighted by atomic mass is 9.88. The van der Waals surface area contributed by atoms with Crippen LogP contribution in [0.1, 0.15) is 51.4 Å². The number of hydrogen-bond donors (Lipinski definition) is 1. The average molecular weight is 179 g/mol. The van der Waals surface area contributed by atoms with Crippen molar-refractivity contribution in [3.05, 3.63) is 11.6 Å². The first-order valence-corrected chi connectivity index (χ1v) is 5.80. The Labute approximate surface area is 81.4 Å². The van der Waals surface area contributed by atoms with Crippen molar-refractivity contribution < 1.29 is 0 Å². The smallest absolute Gasteiger partial charge is 0.00761 e. The van der Waals surface area contributed by atoms with Gasteiger partial charge in [0.15, 0.2) is 0 Å². The lowest BCUT2D eigenvalue weighted by Gasteiger charge is -2.21. The summed E-state index contributed by atoms with van der Waals surface area (Å²) in [6, 6.07) is 0.460. The lowest BCUT2D eigenvalue weighted by molar-refractivity contribution is 0.510. The zero-order valence-electron chi connectivity index (χ0n) is 8.47. The number of nitrogens with two attached hydrogens (primary N) is 1. The molecule has 0 aromatic rings. The molecule has 0 bridgehead atoms. The standard InChI is InChI=1S/C12H21N/c13-12-7-3-6-11(9-12)8-10-4-1-2-5-10/h8,10,12H,1-7,9,13H2. The average Bonchev–Trinajstić information content (AvgIpc) is 2.57. The minimum Gasteiger partial charge on any atom is -0.327 e. The Bertz CT molecular complexity index is 189. The van der Waals surface area contributed by atoms with Crippen LogP contribution >= 0.6 is 0 Å². The molecule has 1 heteroatoms. The van der Waals surface area contributed by atoms with Gasteiger partial charge in [-0.1, -0.05) is 24.5 Å². The molecule has 0 aromatic carbocycles. The minimum absolute atomic E-state index is 0.460. The highest BCUT2D eigenvalue weighted by atomic mass is 14.6. The molecule has 2 N–H and O–H groups in total. The van der Waals surface area contributed by atoms with Crippen molar-refractivity contribution in [1.82, 2.24) is 0 Å². The summed E-state index contributed by atoms with van der Waals surface area (Å²) in [5, 5.41) is 0. The summed E-state index contributed by atoms with van der Waals surface area (Å²) < 4.78 is 0. The number of allylic oxidation sites excluding steroid dienone is 1. The van der Waals surface area contributed by atoms with Crippen LogP contribution in [0.25, 0.3) is 0 Å². The van der Waals surface area contributed by atoms with Gasteiger partial charge in [-0.25, -0.2) is 0 Å². The van der Waals surface area contributed by atoms with Crippen molar-refractivity contribution >= 4 is 0 Å². The highest BCUT2D eigenvalue weighted by molar-refractivity contribution is 5.09. The molecule has 2 saturated carbocycles.